The lowest BCUT2D eigenvalue weighted by Gasteiger charge is -2.11. The van der Waals surface area contributed by atoms with Crippen LogP contribution in [-0.2, 0) is 0 Å². The second kappa shape index (κ2) is 8.20. The van der Waals surface area contributed by atoms with Crippen LogP contribution < -0.4 is 0 Å². The van der Waals surface area contributed by atoms with E-state index in [1.165, 1.54) is 58.8 Å². The standard InChI is InChI=1S/C35H22N2S/c1-21-6-4-10-29-30-11-5-9-25(35(30)38-34(21)29)23-14-12-22(13-15-23)24-16-17-28-31(20-24)26-7-2-3-8-27(26)32-33(28)37-19-18-36-32/h2-20H,1H3. The SMILES string of the molecule is Cc1cccc2c1sc1c(-c3ccc(-c4ccc5c(c4)c4ccccc4c4nccnc54)cc3)cccc12. The van der Waals surface area contributed by atoms with E-state index in [1.807, 2.05) is 11.3 Å². The van der Waals surface area contributed by atoms with Gasteiger partial charge in [0.05, 0.1) is 11.0 Å². The highest BCUT2D eigenvalue weighted by atomic mass is 32.1. The maximum absolute atomic E-state index is 4.69. The minimum absolute atomic E-state index is 0.953. The molecule has 178 valence electrons. The molecule has 2 heterocycles. The van der Waals surface area contributed by atoms with Crippen LogP contribution in [0.2, 0.25) is 0 Å². The molecule has 0 aliphatic rings. The number of fused-ring (bicyclic) bond motifs is 9. The Bertz CT molecular complexity index is 2150. The van der Waals surface area contributed by atoms with E-state index < -0.39 is 0 Å². The highest BCUT2D eigenvalue weighted by molar-refractivity contribution is 7.26. The first-order chi connectivity index (χ1) is 18.8. The molecule has 0 radical (unpaired) electrons. The number of benzene rings is 6. The maximum Gasteiger partial charge on any atom is 0.0971 e. The Balaban J connectivity index is 1.27. The van der Waals surface area contributed by atoms with Crippen molar-refractivity contribution in [2.24, 2.45) is 0 Å². The van der Waals surface area contributed by atoms with Gasteiger partial charge in [-0.25, -0.2) is 0 Å². The first kappa shape index (κ1) is 21.5. The van der Waals surface area contributed by atoms with Gasteiger partial charge in [-0.2, -0.15) is 0 Å². The van der Waals surface area contributed by atoms with Crippen LogP contribution in [0.1, 0.15) is 5.56 Å². The average Bonchev–Trinajstić information content (AvgIpc) is 3.38. The molecular formula is C35H22N2S. The van der Waals surface area contributed by atoms with Crippen molar-refractivity contribution in [3.8, 4) is 22.3 Å². The molecule has 0 unspecified atom stereocenters. The summed E-state index contributed by atoms with van der Waals surface area (Å²) in [5.74, 6) is 0. The molecule has 0 fully saturated rings. The number of aromatic nitrogens is 2. The Kier molecular flexibility index (Phi) is 4.64. The molecule has 0 N–H and O–H groups in total. The zero-order valence-electron chi connectivity index (χ0n) is 20.8. The first-order valence-electron chi connectivity index (χ1n) is 12.8. The normalized spacial score (nSPS) is 11.8. The van der Waals surface area contributed by atoms with Crippen molar-refractivity contribution in [3.05, 3.63) is 121 Å². The predicted octanol–water partition coefficient (Wildman–Crippen LogP) is 9.95. The summed E-state index contributed by atoms with van der Waals surface area (Å²) in [6.45, 7) is 2.20. The van der Waals surface area contributed by atoms with Crippen molar-refractivity contribution in [3.63, 3.8) is 0 Å². The van der Waals surface area contributed by atoms with Gasteiger partial charge in [0.2, 0.25) is 0 Å². The van der Waals surface area contributed by atoms with Crippen LogP contribution in [0, 0.1) is 6.92 Å². The van der Waals surface area contributed by atoms with Crippen molar-refractivity contribution in [2.75, 3.05) is 0 Å². The summed E-state index contributed by atoms with van der Waals surface area (Å²) in [6, 6.07) is 37.5. The van der Waals surface area contributed by atoms with Gasteiger partial charge in [0.1, 0.15) is 0 Å². The minimum atomic E-state index is 0.953. The topological polar surface area (TPSA) is 25.8 Å². The lowest BCUT2D eigenvalue weighted by Crippen LogP contribution is -1.89. The zero-order valence-corrected chi connectivity index (χ0v) is 21.6. The van der Waals surface area contributed by atoms with Crippen molar-refractivity contribution in [1.29, 1.82) is 0 Å². The molecule has 0 aliphatic carbocycles. The molecule has 2 aromatic heterocycles. The molecule has 0 saturated heterocycles. The van der Waals surface area contributed by atoms with Crippen LogP contribution in [0.5, 0.6) is 0 Å². The van der Waals surface area contributed by atoms with E-state index in [1.54, 1.807) is 12.4 Å². The number of hydrogen-bond donors (Lipinski definition) is 0. The highest BCUT2D eigenvalue weighted by Gasteiger charge is 2.13. The largest absolute Gasteiger partial charge is 0.252 e. The van der Waals surface area contributed by atoms with Crippen LogP contribution in [0.25, 0.3) is 75.0 Å². The van der Waals surface area contributed by atoms with Gasteiger partial charge in [-0.05, 0) is 51.6 Å². The first-order valence-corrected chi connectivity index (χ1v) is 13.6. The van der Waals surface area contributed by atoms with Gasteiger partial charge in [0.15, 0.2) is 0 Å². The van der Waals surface area contributed by atoms with Gasteiger partial charge in [0.25, 0.3) is 0 Å². The molecule has 38 heavy (non-hydrogen) atoms. The fraction of sp³-hybridized carbons (Fsp3) is 0.0286. The van der Waals surface area contributed by atoms with Gasteiger partial charge in [0, 0.05) is 43.3 Å². The molecule has 0 atom stereocenters. The number of nitrogens with zero attached hydrogens (tertiary/aromatic N) is 2. The summed E-state index contributed by atoms with van der Waals surface area (Å²) in [6.07, 6.45) is 3.55. The van der Waals surface area contributed by atoms with E-state index in [9.17, 15) is 0 Å². The average molecular weight is 503 g/mol. The third-order valence-corrected chi connectivity index (χ3v) is 9.09. The third-order valence-electron chi connectivity index (χ3n) is 7.70. The second-order valence-electron chi connectivity index (χ2n) is 9.87. The van der Waals surface area contributed by atoms with E-state index in [0.717, 1.165) is 21.8 Å². The highest BCUT2D eigenvalue weighted by Crippen LogP contribution is 2.41. The monoisotopic (exact) mass is 502 g/mol. The lowest BCUT2D eigenvalue weighted by molar-refractivity contribution is 1.31. The van der Waals surface area contributed by atoms with Crippen molar-refractivity contribution in [1.82, 2.24) is 9.97 Å². The fourth-order valence-corrected chi connectivity index (χ4v) is 7.15. The molecule has 6 aromatic carbocycles. The molecule has 8 aromatic rings. The second-order valence-corrected chi connectivity index (χ2v) is 10.9. The smallest absolute Gasteiger partial charge is 0.0971 e. The van der Waals surface area contributed by atoms with Gasteiger partial charge < -0.3 is 0 Å². The summed E-state index contributed by atoms with van der Waals surface area (Å²) in [5.41, 5.74) is 8.20. The Labute approximate surface area is 223 Å². The van der Waals surface area contributed by atoms with E-state index in [-0.39, 0.29) is 0 Å². The summed E-state index contributed by atoms with van der Waals surface area (Å²) in [4.78, 5) is 9.35. The van der Waals surface area contributed by atoms with Crippen LogP contribution in [0.3, 0.4) is 0 Å². The molecule has 2 nitrogen and oxygen atoms in total. The fourth-order valence-electron chi connectivity index (χ4n) is 5.84. The molecule has 3 heteroatoms. The van der Waals surface area contributed by atoms with E-state index >= 15 is 0 Å². The van der Waals surface area contributed by atoms with E-state index in [2.05, 4.69) is 115 Å². The molecule has 0 amide bonds. The van der Waals surface area contributed by atoms with Gasteiger partial charge in [-0.1, -0.05) is 97.1 Å². The summed E-state index contributed by atoms with van der Waals surface area (Å²) in [5, 5.41) is 7.39. The Morgan fingerprint density at radius 3 is 1.87 bits per heavy atom. The van der Waals surface area contributed by atoms with Gasteiger partial charge in [-0.15, -0.1) is 11.3 Å². The molecule has 0 bridgehead atoms. The van der Waals surface area contributed by atoms with Crippen molar-refractivity contribution < 1.29 is 0 Å². The molecular weight excluding hydrogens is 480 g/mol. The Morgan fingerprint density at radius 2 is 1.08 bits per heavy atom. The Hall–Kier alpha value is -4.60. The van der Waals surface area contributed by atoms with Crippen molar-refractivity contribution in [2.45, 2.75) is 6.92 Å². The number of thiophene rings is 1. The summed E-state index contributed by atoms with van der Waals surface area (Å²) >= 11 is 1.90. The zero-order chi connectivity index (χ0) is 25.2. The molecule has 0 saturated carbocycles. The molecule has 8 rings (SSSR count). The quantitative estimate of drug-likeness (QED) is 0.220. The maximum atomic E-state index is 4.69. The number of hydrogen-bond acceptors (Lipinski definition) is 3. The van der Waals surface area contributed by atoms with Gasteiger partial charge in [-0.3, -0.25) is 9.97 Å². The number of aryl methyl sites for hydroxylation is 1. The Morgan fingerprint density at radius 1 is 0.474 bits per heavy atom. The predicted molar refractivity (Wildman–Crippen MR) is 163 cm³/mol. The van der Waals surface area contributed by atoms with E-state index in [0.29, 0.717) is 0 Å². The van der Waals surface area contributed by atoms with Crippen molar-refractivity contribution >= 4 is 64.1 Å². The summed E-state index contributed by atoms with van der Waals surface area (Å²) in [7, 11) is 0. The van der Waals surface area contributed by atoms with Crippen LogP contribution in [0.4, 0.5) is 0 Å². The summed E-state index contributed by atoms with van der Waals surface area (Å²) < 4.78 is 2.74. The van der Waals surface area contributed by atoms with Crippen LogP contribution in [0.15, 0.2) is 116 Å². The lowest BCUT2D eigenvalue weighted by atomic mass is 9.94. The van der Waals surface area contributed by atoms with Crippen LogP contribution in [-0.4, -0.2) is 9.97 Å². The third kappa shape index (κ3) is 3.12. The van der Waals surface area contributed by atoms with Crippen LogP contribution >= 0.6 is 11.3 Å². The number of rotatable bonds is 2. The minimum Gasteiger partial charge on any atom is -0.252 e. The molecule has 0 aliphatic heterocycles. The van der Waals surface area contributed by atoms with E-state index in [4.69, 9.17) is 4.98 Å². The molecule has 0 spiro atoms. The van der Waals surface area contributed by atoms with Gasteiger partial charge >= 0.3 is 0 Å².